The highest BCUT2D eigenvalue weighted by molar-refractivity contribution is 5.85. The fraction of sp³-hybridized carbons (Fsp3) is 0.818. The van der Waals surface area contributed by atoms with E-state index in [-0.39, 0.29) is 23.9 Å². The van der Waals surface area contributed by atoms with Crippen LogP contribution in [0.25, 0.3) is 0 Å². The third kappa shape index (κ3) is 4.10. The first kappa shape index (κ1) is 15.4. The van der Waals surface area contributed by atoms with Gasteiger partial charge in [-0.3, -0.25) is 0 Å². The summed E-state index contributed by atoms with van der Waals surface area (Å²) in [5.74, 6) is 1.44. The van der Waals surface area contributed by atoms with Crippen LogP contribution in [0, 0.1) is 0 Å². The van der Waals surface area contributed by atoms with Crippen LogP contribution in [0.3, 0.4) is 0 Å². The van der Waals surface area contributed by atoms with E-state index in [0.29, 0.717) is 5.89 Å². The van der Waals surface area contributed by atoms with Crippen LogP contribution in [0.15, 0.2) is 4.52 Å². The minimum Gasteiger partial charge on any atom is -0.338 e. The molecule has 0 aromatic carbocycles. The van der Waals surface area contributed by atoms with Gasteiger partial charge in [-0.15, -0.1) is 12.4 Å². The van der Waals surface area contributed by atoms with E-state index in [2.05, 4.69) is 43.2 Å². The fourth-order valence-corrected chi connectivity index (χ4v) is 1.16. The molecule has 94 valence electrons. The average molecular weight is 248 g/mol. The highest BCUT2D eigenvalue weighted by atomic mass is 35.5. The Morgan fingerprint density at radius 3 is 2.44 bits per heavy atom. The third-order valence-electron chi connectivity index (χ3n) is 2.18. The maximum atomic E-state index is 5.23. The highest BCUT2D eigenvalue weighted by Crippen LogP contribution is 2.20. The minimum absolute atomic E-state index is 0. The van der Waals surface area contributed by atoms with E-state index in [1.807, 2.05) is 6.92 Å². The minimum atomic E-state index is -0.0494. The summed E-state index contributed by atoms with van der Waals surface area (Å²) in [4.78, 5) is 4.39. The first-order chi connectivity index (χ1) is 6.95. The smallest absolute Gasteiger partial charge is 0.243 e. The molecule has 1 rings (SSSR count). The summed E-state index contributed by atoms with van der Waals surface area (Å²) in [7, 11) is 0. The van der Waals surface area contributed by atoms with E-state index in [1.54, 1.807) is 0 Å². The zero-order valence-electron chi connectivity index (χ0n) is 10.7. The molecule has 1 aromatic rings. The van der Waals surface area contributed by atoms with Gasteiger partial charge in [-0.2, -0.15) is 4.98 Å². The van der Waals surface area contributed by atoms with E-state index in [4.69, 9.17) is 4.52 Å². The molecule has 1 atom stereocenters. The summed E-state index contributed by atoms with van der Waals surface area (Å²) in [5.41, 5.74) is -0.0494. The summed E-state index contributed by atoms with van der Waals surface area (Å²) in [6, 6.07) is 0.133. The number of nitrogens with one attached hydrogen (secondary N) is 1. The van der Waals surface area contributed by atoms with E-state index < -0.39 is 0 Å². The van der Waals surface area contributed by atoms with Crippen molar-refractivity contribution in [1.82, 2.24) is 15.5 Å². The van der Waals surface area contributed by atoms with E-state index in [1.165, 1.54) is 0 Å². The van der Waals surface area contributed by atoms with Gasteiger partial charge in [0.15, 0.2) is 5.82 Å². The first-order valence-corrected chi connectivity index (χ1v) is 5.52. The Morgan fingerprint density at radius 2 is 2.00 bits per heavy atom. The molecule has 0 aliphatic carbocycles. The van der Waals surface area contributed by atoms with Crippen LogP contribution in [-0.4, -0.2) is 16.7 Å². The quantitative estimate of drug-likeness (QED) is 0.889. The molecular formula is C11H22ClN3O. The molecule has 1 heterocycles. The molecule has 0 saturated carbocycles. The van der Waals surface area contributed by atoms with Gasteiger partial charge in [0.25, 0.3) is 0 Å². The lowest BCUT2D eigenvalue weighted by molar-refractivity contribution is 0.331. The molecule has 0 aliphatic heterocycles. The Balaban J connectivity index is 0.00000225. The summed E-state index contributed by atoms with van der Waals surface area (Å²) in [6.45, 7) is 11.4. The van der Waals surface area contributed by atoms with Crippen molar-refractivity contribution in [3.8, 4) is 0 Å². The second-order valence-electron chi connectivity index (χ2n) is 4.88. The first-order valence-electron chi connectivity index (χ1n) is 5.52. The topological polar surface area (TPSA) is 51.0 Å². The lowest BCUT2D eigenvalue weighted by Gasteiger charge is -2.11. The van der Waals surface area contributed by atoms with Gasteiger partial charge < -0.3 is 9.84 Å². The second kappa shape index (κ2) is 6.21. The summed E-state index contributed by atoms with van der Waals surface area (Å²) < 4.78 is 5.23. The van der Waals surface area contributed by atoms with E-state index >= 15 is 0 Å². The van der Waals surface area contributed by atoms with Crippen molar-refractivity contribution in [1.29, 1.82) is 0 Å². The predicted molar refractivity (Wildman–Crippen MR) is 67.0 cm³/mol. The van der Waals surface area contributed by atoms with Crippen LogP contribution >= 0.6 is 12.4 Å². The molecule has 4 nitrogen and oxygen atoms in total. The van der Waals surface area contributed by atoms with Crippen molar-refractivity contribution >= 4 is 12.4 Å². The Hall–Kier alpha value is -0.610. The molecule has 0 aliphatic rings. The van der Waals surface area contributed by atoms with Crippen LogP contribution in [-0.2, 0) is 5.41 Å². The van der Waals surface area contributed by atoms with Crippen molar-refractivity contribution in [3.63, 3.8) is 0 Å². The predicted octanol–water partition coefficient (Wildman–Crippen LogP) is 2.85. The van der Waals surface area contributed by atoms with Gasteiger partial charge in [0, 0.05) is 5.41 Å². The van der Waals surface area contributed by atoms with Crippen LogP contribution < -0.4 is 5.32 Å². The molecule has 5 heteroatoms. The summed E-state index contributed by atoms with van der Waals surface area (Å²) in [6.07, 6.45) is 1.10. The Labute approximate surface area is 104 Å². The molecule has 0 radical (unpaired) electrons. The number of hydrogen-bond donors (Lipinski definition) is 1. The molecule has 0 saturated heterocycles. The van der Waals surface area contributed by atoms with Crippen molar-refractivity contribution < 1.29 is 4.52 Å². The molecule has 0 bridgehead atoms. The molecule has 0 amide bonds. The highest BCUT2D eigenvalue weighted by Gasteiger charge is 2.22. The lowest BCUT2D eigenvalue weighted by atomic mass is 9.96. The third-order valence-corrected chi connectivity index (χ3v) is 2.18. The van der Waals surface area contributed by atoms with Gasteiger partial charge in [0.2, 0.25) is 5.89 Å². The molecule has 1 N–H and O–H groups in total. The molecule has 16 heavy (non-hydrogen) atoms. The number of hydrogen-bond acceptors (Lipinski definition) is 4. The van der Waals surface area contributed by atoms with E-state index in [9.17, 15) is 0 Å². The Morgan fingerprint density at radius 1 is 1.38 bits per heavy atom. The van der Waals surface area contributed by atoms with Gasteiger partial charge >= 0.3 is 0 Å². The van der Waals surface area contributed by atoms with Gasteiger partial charge in [0.05, 0.1) is 6.04 Å². The van der Waals surface area contributed by atoms with E-state index in [0.717, 1.165) is 18.8 Å². The van der Waals surface area contributed by atoms with Gasteiger partial charge in [0.1, 0.15) is 0 Å². The number of aromatic nitrogens is 2. The molecular weight excluding hydrogens is 226 g/mol. The Kier molecular flexibility index (Phi) is 5.97. The fourth-order valence-electron chi connectivity index (χ4n) is 1.16. The van der Waals surface area contributed by atoms with Crippen LogP contribution in [0.2, 0.25) is 0 Å². The standard InChI is InChI=1S/C11H21N3O.ClH/c1-6-7-12-8(2)9-13-10(14-15-9)11(3,4)5;/h8,12H,6-7H2,1-5H3;1H. The number of halogens is 1. The largest absolute Gasteiger partial charge is 0.338 e. The SMILES string of the molecule is CCCNC(C)c1nc(C(C)(C)C)no1.Cl. The lowest BCUT2D eigenvalue weighted by Crippen LogP contribution is -2.20. The van der Waals surface area contributed by atoms with Crippen LogP contribution in [0.1, 0.15) is 58.8 Å². The zero-order valence-corrected chi connectivity index (χ0v) is 11.5. The monoisotopic (exact) mass is 247 g/mol. The van der Waals surface area contributed by atoms with Gasteiger partial charge in [-0.05, 0) is 19.9 Å². The molecule has 0 spiro atoms. The summed E-state index contributed by atoms with van der Waals surface area (Å²) in [5, 5.41) is 7.31. The molecule has 1 unspecified atom stereocenters. The van der Waals surface area contributed by atoms with Crippen molar-refractivity contribution in [2.45, 2.75) is 52.5 Å². The van der Waals surface area contributed by atoms with Crippen LogP contribution in [0.4, 0.5) is 0 Å². The van der Waals surface area contributed by atoms with Crippen LogP contribution in [0.5, 0.6) is 0 Å². The maximum Gasteiger partial charge on any atom is 0.243 e. The second-order valence-corrected chi connectivity index (χ2v) is 4.88. The van der Waals surface area contributed by atoms with Crippen molar-refractivity contribution in [3.05, 3.63) is 11.7 Å². The van der Waals surface area contributed by atoms with Gasteiger partial charge in [-0.1, -0.05) is 32.9 Å². The average Bonchev–Trinajstić information content (AvgIpc) is 2.62. The molecule has 0 fully saturated rings. The normalized spacial score (nSPS) is 13.3. The molecule has 1 aromatic heterocycles. The van der Waals surface area contributed by atoms with Gasteiger partial charge in [-0.25, -0.2) is 0 Å². The number of nitrogens with zero attached hydrogens (tertiary/aromatic N) is 2. The number of rotatable bonds is 4. The Bertz CT molecular complexity index is 306. The van der Waals surface area contributed by atoms with Crippen molar-refractivity contribution in [2.75, 3.05) is 6.54 Å². The zero-order chi connectivity index (χ0) is 11.5. The van der Waals surface area contributed by atoms with Crippen molar-refractivity contribution in [2.24, 2.45) is 0 Å². The summed E-state index contributed by atoms with van der Waals surface area (Å²) >= 11 is 0. The maximum absolute atomic E-state index is 5.23.